The largest absolute Gasteiger partial charge is 0.449 e. The van der Waals surface area contributed by atoms with Crippen LogP contribution in [0.2, 0.25) is 0 Å². The van der Waals surface area contributed by atoms with Crippen molar-refractivity contribution in [2.75, 3.05) is 6.61 Å². The van der Waals surface area contributed by atoms with Gasteiger partial charge in [0, 0.05) is 18.1 Å². The van der Waals surface area contributed by atoms with Crippen molar-refractivity contribution in [1.29, 1.82) is 0 Å². The van der Waals surface area contributed by atoms with Gasteiger partial charge in [0.25, 0.3) is 0 Å². The van der Waals surface area contributed by atoms with Crippen LogP contribution in [0.1, 0.15) is 25.3 Å². The number of unbranched alkanes of at least 4 members (excludes halogenated alkanes) is 1. The lowest BCUT2D eigenvalue weighted by molar-refractivity contribution is -0.136. The van der Waals surface area contributed by atoms with E-state index in [0.29, 0.717) is 0 Å². The standard InChI is InChI=1S/C19H16O2/c1-2-3-4-5-11-16-19(20)21-17-12-7-10-15-18-13-8-6-9-14-18/h6,8-9,11,13-14,16H,2-3,17H2,1H3/b16-11-. The Labute approximate surface area is 126 Å². The number of esters is 1. The molecule has 0 atom stereocenters. The number of benzene rings is 1. The van der Waals surface area contributed by atoms with Crippen LogP contribution in [-0.4, -0.2) is 12.6 Å². The fourth-order valence-corrected chi connectivity index (χ4v) is 1.23. The fraction of sp³-hybridized carbons (Fsp3) is 0.211. The fourth-order valence-electron chi connectivity index (χ4n) is 1.23. The van der Waals surface area contributed by atoms with E-state index in [1.807, 2.05) is 37.3 Å². The number of ether oxygens (including phenoxy) is 1. The SMILES string of the molecule is CCCC#C/C=C\C(=O)OCC#CC#Cc1ccccc1. The minimum Gasteiger partial charge on any atom is -0.449 e. The minimum absolute atomic E-state index is 0.0228. The molecule has 104 valence electrons. The Morgan fingerprint density at radius 2 is 2.00 bits per heavy atom. The lowest BCUT2D eigenvalue weighted by atomic mass is 10.2. The molecule has 0 heterocycles. The summed E-state index contributed by atoms with van der Waals surface area (Å²) in [7, 11) is 0. The average molecular weight is 276 g/mol. The van der Waals surface area contributed by atoms with Crippen LogP contribution in [0.25, 0.3) is 0 Å². The van der Waals surface area contributed by atoms with E-state index >= 15 is 0 Å². The number of rotatable bonds is 3. The first-order chi connectivity index (χ1) is 10.3. The second-order valence-electron chi connectivity index (χ2n) is 3.93. The van der Waals surface area contributed by atoms with Gasteiger partial charge in [0.05, 0.1) is 0 Å². The second kappa shape index (κ2) is 11.0. The molecule has 0 aliphatic heterocycles. The van der Waals surface area contributed by atoms with Crippen LogP contribution in [-0.2, 0) is 9.53 Å². The number of hydrogen-bond donors (Lipinski definition) is 0. The normalized spacial score (nSPS) is 8.62. The van der Waals surface area contributed by atoms with Crippen LogP contribution < -0.4 is 0 Å². The molecule has 0 saturated heterocycles. The van der Waals surface area contributed by atoms with Crippen molar-refractivity contribution in [3.8, 4) is 35.5 Å². The highest BCUT2D eigenvalue weighted by Crippen LogP contribution is 1.94. The molecule has 0 unspecified atom stereocenters. The summed E-state index contributed by atoms with van der Waals surface area (Å²) in [6, 6.07) is 9.55. The van der Waals surface area contributed by atoms with Gasteiger partial charge in [0.1, 0.15) is 0 Å². The highest BCUT2D eigenvalue weighted by Gasteiger charge is 1.91. The molecule has 0 aliphatic carbocycles. The first-order valence-electron chi connectivity index (χ1n) is 6.68. The molecular weight excluding hydrogens is 260 g/mol. The van der Waals surface area contributed by atoms with Gasteiger partial charge in [-0.05, 0) is 42.4 Å². The molecular formula is C19H16O2. The van der Waals surface area contributed by atoms with Gasteiger partial charge < -0.3 is 4.74 Å². The van der Waals surface area contributed by atoms with Gasteiger partial charge in [0.15, 0.2) is 6.61 Å². The maximum Gasteiger partial charge on any atom is 0.332 e. The van der Waals surface area contributed by atoms with Gasteiger partial charge in [-0.2, -0.15) is 0 Å². The first kappa shape index (κ1) is 16.2. The Kier molecular flexibility index (Phi) is 8.45. The predicted molar refractivity (Wildman–Crippen MR) is 83.9 cm³/mol. The molecule has 0 aromatic heterocycles. The van der Waals surface area contributed by atoms with Crippen LogP contribution in [0.4, 0.5) is 0 Å². The van der Waals surface area contributed by atoms with E-state index in [1.54, 1.807) is 0 Å². The molecule has 0 aliphatic rings. The summed E-state index contributed by atoms with van der Waals surface area (Å²) in [4.78, 5) is 11.2. The zero-order valence-electron chi connectivity index (χ0n) is 12.0. The molecule has 0 amide bonds. The lowest BCUT2D eigenvalue weighted by Crippen LogP contribution is -1.99. The number of carbonyl (C=O) groups is 1. The molecule has 2 heteroatoms. The predicted octanol–water partition coefficient (Wildman–Crippen LogP) is 2.94. The van der Waals surface area contributed by atoms with Crippen LogP contribution in [0.3, 0.4) is 0 Å². The Balaban J connectivity index is 2.29. The Hall–Kier alpha value is -2.89. The van der Waals surface area contributed by atoms with Gasteiger partial charge in [-0.3, -0.25) is 0 Å². The van der Waals surface area contributed by atoms with Crippen LogP contribution in [0.5, 0.6) is 0 Å². The molecule has 2 nitrogen and oxygen atoms in total. The van der Waals surface area contributed by atoms with Crippen molar-refractivity contribution in [1.82, 2.24) is 0 Å². The summed E-state index contributed by atoms with van der Waals surface area (Å²) in [6.45, 7) is 2.07. The molecule has 0 N–H and O–H groups in total. The molecule has 0 bridgehead atoms. The van der Waals surface area contributed by atoms with Crippen molar-refractivity contribution < 1.29 is 9.53 Å². The summed E-state index contributed by atoms with van der Waals surface area (Å²) < 4.78 is 4.87. The van der Waals surface area contributed by atoms with E-state index < -0.39 is 5.97 Å². The first-order valence-corrected chi connectivity index (χ1v) is 6.68. The van der Waals surface area contributed by atoms with Crippen molar-refractivity contribution in [2.45, 2.75) is 19.8 Å². The summed E-state index contributed by atoms with van der Waals surface area (Å²) in [5, 5.41) is 0. The topological polar surface area (TPSA) is 26.3 Å². The average Bonchev–Trinajstić information content (AvgIpc) is 2.51. The number of carbonyl (C=O) groups excluding carboxylic acids is 1. The van der Waals surface area contributed by atoms with Crippen molar-refractivity contribution in [3.63, 3.8) is 0 Å². The molecule has 1 aromatic carbocycles. The van der Waals surface area contributed by atoms with E-state index in [4.69, 9.17) is 4.74 Å². The van der Waals surface area contributed by atoms with E-state index in [9.17, 15) is 4.79 Å². The summed E-state index contributed by atoms with van der Waals surface area (Å²) in [5.74, 6) is 16.1. The van der Waals surface area contributed by atoms with Gasteiger partial charge in [-0.15, -0.1) is 0 Å². The molecule has 0 radical (unpaired) electrons. The van der Waals surface area contributed by atoms with E-state index in [0.717, 1.165) is 18.4 Å². The zero-order chi connectivity index (χ0) is 15.2. The Morgan fingerprint density at radius 1 is 1.19 bits per heavy atom. The van der Waals surface area contributed by atoms with Crippen molar-refractivity contribution in [2.24, 2.45) is 0 Å². The zero-order valence-corrected chi connectivity index (χ0v) is 12.0. The molecule has 0 saturated carbocycles. The maximum absolute atomic E-state index is 11.2. The molecule has 1 aromatic rings. The molecule has 1 rings (SSSR count). The third-order valence-electron chi connectivity index (χ3n) is 2.20. The van der Waals surface area contributed by atoms with Gasteiger partial charge in [-0.1, -0.05) is 42.9 Å². The van der Waals surface area contributed by atoms with Gasteiger partial charge in [-0.25, -0.2) is 4.79 Å². The van der Waals surface area contributed by atoms with Gasteiger partial charge >= 0.3 is 5.97 Å². The summed E-state index contributed by atoms with van der Waals surface area (Å²) >= 11 is 0. The lowest BCUT2D eigenvalue weighted by Gasteiger charge is -1.91. The monoisotopic (exact) mass is 276 g/mol. The highest BCUT2D eigenvalue weighted by molar-refractivity contribution is 5.82. The van der Waals surface area contributed by atoms with Gasteiger partial charge in [0.2, 0.25) is 0 Å². The second-order valence-corrected chi connectivity index (χ2v) is 3.93. The van der Waals surface area contributed by atoms with Crippen LogP contribution in [0, 0.1) is 35.5 Å². The molecule has 0 fully saturated rings. The quantitative estimate of drug-likeness (QED) is 0.482. The van der Waals surface area contributed by atoms with Crippen LogP contribution in [0.15, 0.2) is 42.5 Å². The van der Waals surface area contributed by atoms with E-state index in [-0.39, 0.29) is 6.61 Å². The molecule has 21 heavy (non-hydrogen) atoms. The van der Waals surface area contributed by atoms with E-state index in [1.165, 1.54) is 12.2 Å². The highest BCUT2D eigenvalue weighted by atomic mass is 16.5. The Morgan fingerprint density at radius 3 is 2.76 bits per heavy atom. The molecule has 0 spiro atoms. The van der Waals surface area contributed by atoms with E-state index in [2.05, 4.69) is 35.5 Å². The summed E-state index contributed by atoms with van der Waals surface area (Å²) in [6.07, 6.45) is 4.61. The maximum atomic E-state index is 11.2. The minimum atomic E-state index is -0.453. The number of allylic oxidation sites excluding steroid dienone is 1. The summed E-state index contributed by atoms with van der Waals surface area (Å²) in [5.41, 5.74) is 0.900. The number of hydrogen-bond acceptors (Lipinski definition) is 2. The third-order valence-corrected chi connectivity index (χ3v) is 2.20. The van der Waals surface area contributed by atoms with Crippen molar-refractivity contribution in [3.05, 3.63) is 48.0 Å². The third kappa shape index (κ3) is 8.77. The Bertz CT molecular complexity index is 650. The smallest absolute Gasteiger partial charge is 0.332 e. The van der Waals surface area contributed by atoms with Crippen molar-refractivity contribution >= 4 is 5.97 Å². The van der Waals surface area contributed by atoms with Crippen LogP contribution >= 0.6 is 0 Å².